The van der Waals surface area contributed by atoms with Crippen molar-refractivity contribution in [1.29, 1.82) is 0 Å². The van der Waals surface area contributed by atoms with Gasteiger partial charge >= 0.3 is 5.97 Å². The van der Waals surface area contributed by atoms with Crippen LogP contribution in [0.25, 0.3) is 0 Å². The molecule has 21 heavy (non-hydrogen) atoms. The standard InChI is InChI=1S/C17H21NO3/c19-16(10-5-11-17(20)21)18-14-8-3-1-6-12(14)13-7-2-4-9-15(13)18/h1,3,6,8,13,15H,2,4-5,7,9-11H2,(H,20,21). The number of hydrogen-bond acceptors (Lipinski definition) is 2. The molecule has 0 spiro atoms. The second kappa shape index (κ2) is 5.88. The van der Waals surface area contributed by atoms with Crippen LogP contribution in [0.2, 0.25) is 0 Å². The summed E-state index contributed by atoms with van der Waals surface area (Å²) >= 11 is 0. The molecular weight excluding hydrogens is 266 g/mol. The number of nitrogens with zero attached hydrogens (tertiary/aromatic N) is 1. The predicted molar refractivity (Wildman–Crippen MR) is 80.4 cm³/mol. The second-order valence-electron chi connectivity index (χ2n) is 6.03. The van der Waals surface area contributed by atoms with Gasteiger partial charge in [0.05, 0.1) is 0 Å². The van der Waals surface area contributed by atoms with Crippen LogP contribution in [0.5, 0.6) is 0 Å². The first-order valence-corrected chi connectivity index (χ1v) is 7.81. The Kier molecular flexibility index (Phi) is 3.95. The highest BCUT2D eigenvalue weighted by atomic mass is 16.4. The highest BCUT2D eigenvalue weighted by Crippen LogP contribution is 2.47. The number of amides is 1. The fourth-order valence-electron chi connectivity index (χ4n) is 3.81. The molecule has 3 rings (SSSR count). The molecule has 0 aromatic heterocycles. The fraction of sp³-hybridized carbons (Fsp3) is 0.529. The van der Waals surface area contributed by atoms with Crippen molar-refractivity contribution in [3.05, 3.63) is 29.8 Å². The summed E-state index contributed by atoms with van der Waals surface area (Å²) in [5.41, 5.74) is 2.35. The molecule has 2 atom stereocenters. The van der Waals surface area contributed by atoms with Crippen LogP contribution in [0.15, 0.2) is 24.3 Å². The van der Waals surface area contributed by atoms with Crippen molar-refractivity contribution in [3.8, 4) is 0 Å². The summed E-state index contributed by atoms with van der Waals surface area (Å²) in [5, 5.41) is 8.71. The maximum Gasteiger partial charge on any atom is 0.303 e. The van der Waals surface area contributed by atoms with E-state index >= 15 is 0 Å². The Morgan fingerprint density at radius 2 is 1.90 bits per heavy atom. The lowest BCUT2D eigenvalue weighted by molar-refractivity contribution is -0.137. The Bertz CT molecular complexity index is 555. The minimum absolute atomic E-state index is 0.0648. The average Bonchev–Trinajstić information content (AvgIpc) is 2.81. The van der Waals surface area contributed by atoms with Gasteiger partial charge in [-0.25, -0.2) is 0 Å². The van der Waals surface area contributed by atoms with Crippen molar-refractivity contribution in [2.75, 3.05) is 4.90 Å². The Morgan fingerprint density at radius 3 is 2.71 bits per heavy atom. The molecule has 112 valence electrons. The van der Waals surface area contributed by atoms with Crippen molar-refractivity contribution < 1.29 is 14.7 Å². The summed E-state index contributed by atoms with van der Waals surface area (Å²) in [6.07, 6.45) is 5.43. The maximum atomic E-state index is 12.6. The largest absolute Gasteiger partial charge is 0.481 e. The zero-order valence-corrected chi connectivity index (χ0v) is 12.1. The number of carboxylic acid groups (broad SMARTS) is 1. The van der Waals surface area contributed by atoms with E-state index < -0.39 is 5.97 Å². The van der Waals surface area contributed by atoms with E-state index in [9.17, 15) is 9.59 Å². The van der Waals surface area contributed by atoms with Crippen LogP contribution in [-0.4, -0.2) is 23.0 Å². The molecule has 1 aliphatic heterocycles. The van der Waals surface area contributed by atoms with E-state index in [0.717, 1.165) is 18.5 Å². The zero-order valence-electron chi connectivity index (χ0n) is 12.1. The SMILES string of the molecule is O=C(O)CCCC(=O)N1c2ccccc2C2CCCCC21. The first-order chi connectivity index (χ1) is 10.2. The third kappa shape index (κ3) is 2.67. The molecule has 2 unspecified atom stereocenters. The number of rotatable bonds is 4. The van der Waals surface area contributed by atoms with E-state index in [0.29, 0.717) is 18.8 Å². The molecule has 0 bridgehead atoms. The summed E-state index contributed by atoms with van der Waals surface area (Å²) in [4.78, 5) is 25.1. The number of benzene rings is 1. The molecule has 1 fully saturated rings. The lowest BCUT2D eigenvalue weighted by atomic mass is 9.82. The highest BCUT2D eigenvalue weighted by Gasteiger charge is 2.41. The van der Waals surface area contributed by atoms with Crippen molar-refractivity contribution in [3.63, 3.8) is 0 Å². The van der Waals surface area contributed by atoms with Gasteiger partial charge in [-0.05, 0) is 30.9 Å². The van der Waals surface area contributed by atoms with Gasteiger partial charge in [-0.3, -0.25) is 9.59 Å². The van der Waals surface area contributed by atoms with Crippen molar-refractivity contribution in [2.45, 2.75) is 56.9 Å². The van der Waals surface area contributed by atoms with Gasteiger partial charge in [0.25, 0.3) is 0 Å². The molecule has 1 heterocycles. The smallest absolute Gasteiger partial charge is 0.303 e. The molecule has 0 saturated heterocycles. The van der Waals surface area contributed by atoms with Gasteiger partial charge in [0.1, 0.15) is 0 Å². The van der Waals surface area contributed by atoms with Crippen LogP contribution in [0.1, 0.15) is 56.4 Å². The Labute approximate surface area is 124 Å². The Balaban J connectivity index is 1.80. The van der Waals surface area contributed by atoms with Crippen molar-refractivity contribution in [2.24, 2.45) is 0 Å². The summed E-state index contributed by atoms with van der Waals surface area (Å²) in [5.74, 6) is -0.281. The van der Waals surface area contributed by atoms with Crippen LogP contribution in [0.4, 0.5) is 5.69 Å². The summed E-state index contributed by atoms with van der Waals surface area (Å²) in [7, 11) is 0. The molecule has 1 amide bonds. The van der Waals surface area contributed by atoms with E-state index in [1.54, 1.807) is 0 Å². The summed E-state index contributed by atoms with van der Waals surface area (Å²) in [6, 6.07) is 8.48. The van der Waals surface area contributed by atoms with Gasteiger partial charge in [0, 0.05) is 30.5 Å². The number of fused-ring (bicyclic) bond motifs is 3. The average molecular weight is 287 g/mol. The molecule has 1 N–H and O–H groups in total. The molecule has 4 nitrogen and oxygen atoms in total. The lowest BCUT2D eigenvalue weighted by Gasteiger charge is -2.32. The number of hydrogen-bond donors (Lipinski definition) is 1. The molecule has 1 saturated carbocycles. The minimum Gasteiger partial charge on any atom is -0.481 e. The number of carbonyl (C=O) groups is 2. The van der Waals surface area contributed by atoms with Crippen LogP contribution in [0, 0.1) is 0 Å². The van der Waals surface area contributed by atoms with E-state index in [1.807, 2.05) is 23.1 Å². The number of carbonyl (C=O) groups excluding carboxylic acids is 1. The van der Waals surface area contributed by atoms with E-state index in [1.165, 1.54) is 18.4 Å². The summed E-state index contributed by atoms with van der Waals surface area (Å²) < 4.78 is 0. The Hall–Kier alpha value is -1.84. The van der Waals surface area contributed by atoms with Gasteiger partial charge < -0.3 is 10.0 Å². The van der Waals surface area contributed by atoms with Crippen LogP contribution in [-0.2, 0) is 9.59 Å². The van der Waals surface area contributed by atoms with Gasteiger partial charge in [-0.15, -0.1) is 0 Å². The molecular formula is C17H21NO3. The third-order valence-corrected chi connectivity index (χ3v) is 4.71. The fourth-order valence-corrected chi connectivity index (χ4v) is 3.81. The Morgan fingerprint density at radius 1 is 1.14 bits per heavy atom. The molecule has 1 aromatic carbocycles. The van der Waals surface area contributed by atoms with E-state index in [-0.39, 0.29) is 18.4 Å². The lowest BCUT2D eigenvalue weighted by Crippen LogP contribution is -2.40. The van der Waals surface area contributed by atoms with Gasteiger partial charge in [0.15, 0.2) is 0 Å². The predicted octanol–water partition coefficient (Wildman–Crippen LogP) is 3.31. The maximum absolute atomic E-state index is 12.6. The van der Waals surface area contributed by atoms with E-state index in [4.69, 9.17) is 5.11 Å². The number of carboxylic acids is 1. The molecule has 2 aliphatic rings. The van der Waals surface area contributed by atoms with Crippen molar-refractivity contribution in [1.82, 2.24) is 0 Å². The molecule has 1 aliphatic carbocycles. The monoisotopic (exact) mass is 287 g/mol. The topological polar surface area (TPSA) is 57.6 Å². The second-order valence-corrected chi connectivity index (χ2v) is 6.03. The number of anilines is 1. The van der Waals surface area contributed by atoms with Crippen molar-refractivity contribution >= 4 is 17.6 Å². The van der Waals surface area contributed by atoms with Crippen LogP contribution >= 0.6 is 0 Å². The molecule has 1 aromatic rings. The van der Waals surface area contributed by atoms with Gasteiger partial charge in [-0.1, -0.05) is 31.0 Å². The minimum atomic E-state index is -0.833. The number of aliphatic carboxylic acids is 1. The zero-order chi connectivity index (χ0) is 14.8. The highest BCUT2D eigenvalue weighted by molar-refractivity contribution is 5.96. The third-order valence-electron chi connectivity index (χ3n) is 4.71. The van der Waals surface area contributed by atoms with E-state index in [2.05, 4.69) is 6.07 Å². The molecule has 0 radical (unpaired) electrons. The first-order valence-electron chi connectivity index (χ1n) is 7.81. The number of para-hydroxylation sites is 1. The van der Waals surface area contributed by atoms with Gasteiger partial charge in [-0.2, -0.15) is 0 Å². The normalized spacial score (nSPS) is 23.5. The summed E-state index contributed by atoms with van der Waals surface area (Å²) in [6.45, 7) is 0. The molecule has 4 heteroatoms. The quantitative estimate of drug-likeness (QED) is 0.924. The van der Waals surface area contributed by atoms with Crippen LogP contribution < -0.4 is 4.90 Å². The van der Waals surface area contributed by atoms with Crippen LogP contribution in [0.3, 0.4) is 0 Å². The van der Waals surface area contributed by atoms with Gasteiger partial charge in [0.2, 0.25) is 5.91 Å². The first kappa shape index (κ1) is 14.1.